The van der Waals surface area contributed by atoms with Gasteiger partial charge in [0.25, 0.3) is 0 Å². The van der Waals surface area contributed by atoms with Gasteiger partial charge in [-0.3, -0.25) is 9.59 Å². The molecule has 0 radical (unpaired) electrons. The van der Waals surface area contributed by atoms with E-state index >= 15 is 0 Å². The highest BCUT2D eigenvalue weighted by atomic mass is 16.6. The van der Waals surface area contributed by atoms with Gasteiger partial charge in [-0.15, -0.1) is 0 Å². The van der Waals surface area contributed by atoms with Crippen LogP contribution in [0, 0.1) is 11.8 Å². The van der Waals surface area contributed by atoms with Crippen LogP contribution in [0.1, 0.15) is 38.8 Å². The van der Waals surface area contributed by atoms with Crippen LogP contribution in [0.2, 0.25) is 0 Å². The number of alkyl carbamates (subject to hydrolysis) is 1. The molecule has 1 aliphatic heterocycles. The molecule has 0 aliphatic carbocycles. The molecule has 29 heavy (non-hydrogen) atoms. The number of fused-ring (bicyclic) bond motifs is 2. The van der Waals surface area contributed by atoms with E-state index in [0.29, 0.717) is 6.54 Å². The molecule has 0 saturated heterocycles. The van der Waals surface area contributed by atoms with Crippen molar-refractivity contribution in [2.24, 2.45) is 0 Å². The molecule has 2 rings (SSSR count). The van der Waals surface area contributed by atoms with Gasteiger partial charge in [-0.2, -0.15) is 0 Å². The fourth-order valence-electron chi connectivity index (χ4n) is 2.48. The lowest BCUT2D eigenvalue weighted by Gasteiger charge is -2.24. The first kappa shape index (κ1) is 22.2. The molecule has 0 fully saturated rings. The van der Waals surface area contributed by atoms with Crippen LogP contribution in [0.4, 0.5) is 4.79 Å². The van der Waals surface area contributed by atoms with Gasteiger partial charge >= 0.3 is 6.09 Å². The maximum absolute atomic E-state index is 12.6. The molecule has 2 atom stereocenters. The quantitative estimate of drug-likeness (QED) is 0.611. The number of benzene rings is 1. The summed E-state index contributed by atoms with van der Waals surface area (Å²) in [6, 6.07) is 5.64. The Morgan fingerprint density at radius 2 is 2.03 bits per heavy atom. The average molecular weight is 401 g/mol. The summed E-state index contributed by atoms with van der Waals surface area (Å²) >= 11 is 0. The van der Waals surface area contributed by atoms with Crippen LogP contribution in [0.5, 0.6) is 0 Å². The second kappa shape index (κ2) is 9.94. The third kappa shape index (κ3) is 7.84. The Morgan fingerprint density at radius 1 is 1.28 bits per heavy atom. The van der Waals surface area contributed by atoms with Crippen LogP contribution in [-0.4, -0.2) is 48.8 Å². The van der Waals surface area contributed by atoms with Crippen molar-refractivity contribution >= 4 is 17.9 Å². The SMILES string of the molecule is C[C@H]1NC(=O)[C@@H](NC(=O)OC(C)(C)C)COCC#Cc2cccc(c2)CNC1=O. The minimum absolute atomic E-state index is 0.0801. The van der Waals surface area contributed by atoms with E-state index in [9.17, 15) is 14.4 Å². The van der Waals surface area contributed by atoms with E-state index in [1.807, 2.05) is 24.3 Å². The lowest BCUT2D eigenvalue weighted by Crippen LogP contribution is -2.54. The Morgan fingerprint density at radius 3 is 2.76 bits per heavy atom. The van der Waals surface area contributed by atoms with Gasteiger partial charge in [0, 0.05) is 12.1 Å². The molecule has 2 bridgehead atoms. The fraction of sp³-hybridized carbons (Fsp3) is 0.476. The first-order chi connectivity index (χ1) is 13.6. The highest BCUT2D eigenvalue weighted by Gasteiger charge is 2.27. The minimum Gasteiger partial charge on any atom is -0.444 e. The molecule has 1 aromatic rings. The van der Waals surface area contributed by atoms with Gasteiger partial charge in [-0.05, 0) is 45.4 Å². The van der Waals surface area contributed by atoms with Gasteiger partial charge in [0.1, 0.15) is 24.3 Å². The van der Waals surface area contributed by atoms with Crippen LogP contribution in [-0.2, 0) is 25.6 Å². The average Bonchev–Trinajstić information content (AvgIpc) is 2.63. The number of carbonyl (C=O) groups is 3. The lowest BCUT2D eigenvalue weighted by molar-refractivity contribution is -0.130. The Labute approximate surface area is 170 Å². The van der Waals surface area contributed by atoms with Crippen LogP contribution in [0.3, 0.4) is 0 Å². The number of ether oxygens (including phenoxy) is 2. The largest absolute Gasteiger partial charge is 0.444 e. The molecule has 8 nitrogen and oxygen atoms in total. The highest BCUT2D eigenvalue weighted by molar-refractivity contribution is 5.91. The summed E-state index contributed by atoms with van der Waals surface area (Å²) in [5.41, 5.74) is 0.970. The zero-order chi connectivity index (χ0) is 21.4. The second-order valence-corrected chi connectivity index (χ2v) is 7.66. The highest BCUT2D eigenvalue weighted by Crippen LogP contribution is 2.07. The first-order valence-electron chi connectivity index (χ1n) is 9.37. The molecule has 0 saturated carbocycles. The number of hydrogen-bond acceptors (Lipinski definition) is 5. The predicted molar refractivity (Wildman–Crippen MR) is 107 cm³/mol. The van der Waals surface area contributed by atoms with Gasteiger partial charge in [0.2, 0.25) is 11.8 Å². The van der Waals surface area contributed by atoms with Crippen LogP contribution in [0.15, 0.2) is 24.3 Å². The summed E-state index contributed by atoms with van der Waals surface area (Å²) in [4.78, 5) is 37.0. The molecule has 1 aliphatic rings. The fourth-order valence-corrected chi connectivity index (χ4v) is 2.48. The van der Waals surface area contributed by atoms with Gasteiger partial charge in [0.15, 0.2) is 0 Å². The van der Waals surface area contributed by atoms with E-state index in [0.717, 1.165) is 11.1 Å². The van der Waals surface area contributed by atoms with Gasteiger partial charge < -0.3 is 25.4 Å². The van der Waals surface area contributed by atoms with Crippen molar-refractivity contribution in [2.75, 3.05) is 13.2 Å². The first-order valence-corrected chi connectivity index (χ1v) is 9.37. The summed E-state index contributed by atoms with van der Waals surface area (Å²) in [6.45, 7) is 7.00. The second-order valence-electron chi connectivity index (χ2n) is 7.66. The molecule has 1 heterocycles. The van der Waals surface area contributed by atoms with Crippen molar-refractivity contribution in [3.05, 3.63) is 35.4 Å². The maximum Gasteiger partial charge on any atom is 0.408 e. The smallest absolute Gasteiger partial charge is 0.408 e. The summed E-state index contributed by atoms with van der Waals surface area (Å²) < 4.78 is 10.6. The number of amides is 3. The zero-order valence-corrected chi connectivity index (χ0v) is 17.1. The third-order valence-electron chi connectivity index (χ3n) is 3.84. The summed E-state index contributed by atoms with van der Waals surface area (Å²) in [5.74, 6) is 4.94. The van der Waals surface area contributed by atoms with Crippen molar-refractivity contribution in [3.63, 3.8) is 0 Å². The molecule has 8 heteroatoms. The van der Waals surface area contributed by atoms with Crippen molar-refractivity contribution in [2.45, 2.75) is 51.9 Å². The summed E-state index contributed by atoms with van der Waals surface area (Å²) in [5, 5.41) is 7.84. The lowest BCUT2D eigenvalue weighted by atomic mass is 10.1. The zero-order valence-electron chi connectivity index (χ0n) is 17.1. The Bertz CT molecular complexity index is 820. The number of hydrogen-bond donors (Lipinski definition) is 3. The Hall–Kier alpha value is -3.05. The molecule has 3 amide bonds. The number of rotatable bonds is 1. The van der Waals surface area contributed by atoms with Crippen LogP contribution in [0.25, 0.3) is 0 Å². The molecular formula is C21H27N3O5. The third-order valence-corrected chi connectivity index (χ3v) is 3.84. The Balaban J connectivity index is 2.15. The van der Waals surface area contributed by atoms with E-state index in [1.54, 1.807) is 27.7 Å². The van der Waals surface area contributed by atoms with Crippen molar-refractivity contribution < 1.29 is 23.9 Å². The van der Waals surface area contributed by atoms with Crippen molar-refractivity contribution in [1.82, 2.24) is 16.0 Å². The van der Waals surface area contributed by atoms with E-state index in [-0.39, 0.29) is 19.1 Å². The van der Waals surface area contributed by atoms with Crippen molar-refractivity contribution in [3.8, 4) is 11.8 Å². The van der Waals surface area contributed by atoms with Gasteiger partial charge in [0.05, 0.1) is 6.61 Å². The summed E-state index contributed by atoms with van der Waals surface area (Å²) in [7, 11) is 0. The molecule has 0 aromatic heterocycles. The van der Waals surface area contributed by atoms with Gasteiger partial charge in [-0.25, -0.2) is 4.79 Å². The maximum atomic E-state index is 12.6. The van der Waals surface area contributed by atoms with Crippen molar-refractivity contribution in [1.29, 1.82) is 0 Å². The van der Waals surface area contributed by atoms with E-state index in [2.05, 4.69) is 27.8 Å². The number of carbonyl (C=O) groups excluding carboxylic acids is 3. The normalized spacial score (nSPS) is 20.7. The molecule has 3 N–H and O–H groups in total. The predicted octanol–water partition coefficient (Wildman–Crippen LogP) is 1.08. The van der Waals surface area contributed by atoms with Crippen LogP contribution >= 0.6 is 0 Å². The van der Waals surface area contributed by atoms with E-state index in [4.69, 9.17) is 9.47 Å². The van der Waals surface area contributed by atoms with E-state index in [1.165, 1.54) is 0 Å². The minimum atomic E-state index is -1.03. The molecule has 156 valence electrons. The summed E-state index contributed by atoms with van der Waals surface area (Å²) in [6.07, 6.45) is -0.751. The molecule has 1 aromatic carbocycles. The monoisotopic (exact) mass is 401 g/mol. The van der Waals surface area contributed by atoms with Crippen LogP contribution < -0.4 is 16.0 Å². The van der Waals surface area contributed by atoms with E-state index < -0.39 is 29.7 Å². The standard InChI is InChI=1S/C21H27N3O5/c1-14-18(25)22-12-16-8-5-7-15(11-16)9-6-10-28-13-17(19(26)23-14)24-20(27)29-21(2,3)4/h5,7-8,11,14,17H,10,12-13H2,1-4H3,(H,22,25)(H,23,26)(H,24,27)/t14-,17+/m1/s1. The topological polar surface area (TPSA) is 106 Å². The molecular weight excluding hydrogens is 374 g/mol. The molecule has 0 spiro atoms. The molecule has 0 unspecified atom stereocenters. The number of nitrogens with one attached hydrogen (secondary N) is 3. The Kier molecular flexibility index (Phi) is 7.62. The van der Waals surface area contributed by atoms with Gasteiger partial charge in [-0.1, -0.05) is 24.0 Å².